The fourth-order valence-corrected chi connectivity index (χ4v) is 2.58. The first kappa shape index (κ1) is 14.9. The van der Waals surface area contributed by atoms with Gasteiger partial charge in [0, 0.05) is 6.04 Å². The van der Waals surface area contributed by atoms with Crippen molar-refractivity contribution < 1.29 is 18.0 Å². The van der Waals surface area contributed by atoms with Crippen molar-refractivity contribution in [3.63, 3.8) is 0 Å². The highest BCUT2D eigenvalue weighted by Gasteiger charge is 2.41. The average molecular weight is 302 g/mol. The van der Waals surface area contributed by atoms with E-state index < -0.39 is 18.6 Å². The van der Waals surface area contributed by atoms with Crippen LogP contribution in [-0.4, -0.2) is 36.1 Å². The van der Waals surface area contributed by atoms with Crippen LogP contribution in [0.4, 0.5) is 13.2 Å². The number of nitrogens with zero attached hydrogens (tertiary/aromatic N) is 1. The summed E-state index contributed by atoms with van der Waals surface area (Å²) >= 11 is 1.09. The fraction of sp³-hybridized carbons (Fsp3) is 0.462. The number of rotatable bonds is 3. The number of hydrogen-bond donors (Lipinski definition) is 1. The minimum absolute atomic E-state index is 0.198. The average Bonchev–Trinajstić information content (AvgIpc) is 3.10. The number of carbonyl (C=O) groups excluding carboxylic acids is 1. The van der Waals surface area contributed by atoms with E-state index in [0.29, 0.717) is 17.7 Å². The summed E-state index contributed by atoms with van der Waals surface area (Å²) in [5, 5.41) is 0. The lowest BCUT2D eigenvalue weighted by Gasteiger charge is -2.23. The Morgan fingerprint density at radius 3 is 2.70 bits per heavy atom. The molecule has 2 N–H and O–H groups in total. The smallest absolute Gasteiger partial charge is 0.326 e. The van der Waals surface area contributed by atoms with Crippen molar-refractivity contribution in [2.75, 3.05) is 13.1 Å². The normalized spacial score (nSPS) is 14.6. The van der Waals surface area contributed by atoms with Gasteiger partial charge in [0.25, 0.3) is 5.91 Å². The van der Waals surface area contributed by atoms with Crippen LogP contribution in [0.15, 0.2) is 12.1 Å². The molecule has 20 heavy (non-hydrogen) atoms. The number of carbonyl (C=O) groups is 1. The van der Waals surface area contributed by atoms with Gasteiger partial charge in [0.1, 0.15) is 6.54 Å². The summed E-state index contributed by atoms with van der Waals surface area (Å²) in [5.74, 6) is 4.83. The Kier molecular flexibility index (Phi) is 4.35. The summed E-state index contributed by atoms with van der Waals surface area (Å²) in [6.45, 7) is -0.998. The van der Waals surface area contributed by atoms with Crippen LogP contribution in [0, 0.1) is 11.8 Å². The van der Waals surface area contributed by atoms with E-state index in [2.05, 4.69) is 11.8 Å². The molecular weight excluding hydrogens is 289 g/mol. The highest BCUT2D eigenvalue weighted by Crippen LogP contribution is 2.32. The van der Waals surface area contributed by atoms with Crippen LogP contribution in [0.5, 0.6) is 0 Å². The quantitative estimate of drug-likeness (QED) is 0.870. The van der Waals surface area contributed by atoms with Gasteiger partial charge in [0.15, 0.2) is 0 Å². The van der Waals surface area contributed by atoms with Crippen LogP contribution < -0.4 is 5.73 Å². The molecule has 1 saturated carbocycles. The third kappa shape index (κ3) is 3.99. The van der Waals surface area contributed by atoms with E-state index in [9.17, 15) is 18.0 Å². The fourth-order valence-electron chi connectivity index (χ4n) is 1.75. The molecule has 0 unspecified atom stereocenters. The molecule has 0 spiro atoms. The Hall–Kier alpha value is -1.52. The number of halogens is 3. The molecule has 2 rings (SSSR count). The Labute approximate surface area is 118 Å². The molecule has 1 aliphatic rings. The minimum Gasteiger partial charge on any atom is -0.326 e. The van der Waals surface area contributed by atoms with Crippen molar-refractivity contribution >= 4 is 17.2 Å². The van der Waals surface area contributed by atoms with Gasteiger partial charge in [-0.3, -0.25) is 4.79 Å². The zero-order valence-electron chi connectivity index (χ0n) is 10.5. The SMILES string of the molecule is NCC#Cc1ccc(C(=O)N(CC(F)(F)F)C2CC2)s1. The zero-order chi connectivity index (χ0) is 14.8. The first-order chi connectivity index (χ1) is 9.40. The van der Waals surface area contributed by atoms with E-state index >= 15 is 0 Å². The summed E-state index contributed by atoms with van der Waals surface area (Å²) in [6.07, 6.45) is -3.11. The third-order valence-corrected chi connectivity index (χ3v) is 3.72. The second kappa shape index (κ2) is 5.85. The number of nitrogens with two attached hydrogens (primary N) is 1. The Morgan fingerprint density at radius 2 is 2.15 bits per heavy atom. The molecule has 1 aromatic heterocycles. The lowest BCUT2D eigenvalue weighted by atomic mass is 10.3. The van der Waals surface area contributed by atoms with E-state index in [1.54, 1.807) is 6.07 Å². The van der Waals surface area contributed by atoms with Gasteiger partial charge in [0.2, 0.25) is 0 Å². The van der Waals surface area contributed by atoms with Crippen molar-refractivity contribution in [3.8, 4) is 11.8 Å². The molecule has 0 saturated heterocycles. The van der Waals surface area contributed by atoms with Crippen LogP contribution in [0.3, 0.4) is 0 Å². The molecule has 7 heteroatoms. The number of amides is 1. The van der Waals surface area contributed by atoms with Crippen molar-refractivity contribution in [2.24, 2.45) is 5.73 Å². The summed E-state index contributed by atoms with van der Waals surface area (Å²) in [6, 6.07) is 2.85. The molecule has 0 atom stereocenters. The summed E-state index contributed by atoms with van der Waals surface area (Å²) in [7, 11) is 0. The maximum absolute atomic E-state index is 12.5. The molecule has 0 bridgehead atoms. The molecule has 1 heterocycles. The van der Waals surface area contributed by atoms with Crippen LogP contribution in [-0.2, 0) is 0 Å². The topological polar surface area (TPSA) is 46.3 Å². The second-order valence-corrected chi connectivity index (χ2v) is 5.53. The number of thiophene rings is 1. The van der Waals surface area contributed by atoms with Crippen LogP contribution in [0.2, 0.25) is 0 Å². The number of hydrogen-bond acceptors (Lipinski definition) is 3. The van der Waals surface area contributed by atoms with Gasteiger partial charge in [-0.05, 0) is 25.0 Å². The van der Waals surface area contributed by atoms with Crippen molar-refractivity contribution in [1.82, 2.24) is 4.90 Å². The first-order valence-corrected chi connectivity index (χ1v) is 6.89. The Balaban J connectivity index is 2.13. The maximum Gasteiger partial charge on any atom is 0.406 e. The van der Waals surface area contributed by atoms with Gasteiger partial charge < -0.3 is 10.6 Å². The highest BCUT2D eigenvalue weighted by atomic mass is 32.1. The minimum atomic E-state index is -4.38. The zero-order valence-corrected chi connectivity index (χ0v) is 11.4. The molecule has 1 aromatic rings. The van der Waals surface area contributed by atoms with Gasteiger partial charge >= 0.3 is 6.18 Å². The van der Waals surface area contributed by atoms with Crippen molar-refractivity contribution in [3.05, 3.63) is 21.9 Å². The van der Waals surface area contributed by atoms with Gasteiger partial charge in [0.05, 0.1) is 16.3 Å². The van der Waals surface area contributed by atoms with Gasteiger partial charge in [-0.25, -0.2) is 0 Å². The van der Waals surface area contributed by atoms with Crippen LogP contribution >= 0.6 is 11.3 Å². The molecule has 0 radical (unpaired) electrons. The van der Waals surface area contributed by atoms with Crippen LogP contribution in [0.25, 0.3) is 0 Å². The first-order valence-electron chi connectivity index (χ1n) is 6.07. The third-order valence-electron chi connectivity index (χ3n) is 2.73. The summed E-state index contributed by atoms with van der Waals surface area (Å²) in [5.41, 5.74) is 5.24. The highest BCUT2D eigenvalue weighted by molar-refractivity contribution is 7.14. The Morgan fingerprint density at radius 1 is 1.45 bits per heavy atom. The standard InChI is InChI=1S/C13H13F3N2OS/c14-13(15,16)8-18(9-3-4-9)12(19)11-6-5-10(20-11)2-1-7-17/h5-6,9H,3-4,7-8,17H2. The molecule has 1 amide bonds. The lowest BCUT2D eigenvalue weighted by Crippen LogP contribution is -2.40. The molecule has 1 aliphatic carbocycles. The molecule has 108 valence electrons. The van der Waals surface area contributed by atoms with E-state index in [1.165, 1.54) is 6.07 Å². The monoisotopic (exact) mass is 302 g/mol. The largest absolute Gasteiger partial charge is 0.406 e. The summed E-state index contributed by atoms with van der Waals surface area (Å²) in [4.78, 5) is 14.0. The van der Waals surface area contributed by atoms with Gasteiger partial charge in [-0.15, -0.1) is 11.3 Å². The van der Waals surface area contributed by atoms with E-state index in [0.717, 1.165) is 16.2 Å². The van der Waals surface area contributed by atoms with Gasteiger partial charge in [-0.2, -0.15) is 13.2 Å². The predicted octanol–water partition coefficient (Wildman–Crippen LogP) is 2.23. The maximum atomic E-state index is 12.5. The second-order valence-electron chi connectivity index (χ2n) is 4.45. The molecule has 3 nitrogen and oxygen atoms in total. The van der Waals surface area contributed by atoms with Crippen LogP contribution in [0.1, 0.15) is 27.4 Å². The Bertz CT molecular complexity index is 552. The van der Waals surface area contributed by atoms with Crippen molar-refractivity contribution in [1.29, 1.82) is 0 Å². The van der Waals surface area contributed by atoms with E-state index in [-0.39, 0.29) is 17.5 Å². The molecule has 1 fully saturated rings. The molecule has 0 aliphatic heterocycles. The van der Waals surface area contributed by atoms with Gasteiger partial charge in [-0.1, -0.05) is 11.8 Å². The lowest BCUT2D eigenvalue weighted by molar-refractivity contribution is -0.141. The number of alkyl halides is 3. The van der Waals surface area contributed by atoms with E-state index in [4.69, 9.17) is 5.73 Å². The van der Waals surface area contributed by atoms with Crippen molar-refractivity contribution in [2.45, 2.75) is 25.1 Å². The molecule has 0 aromatic carbocycles. The summed E-state index contributed by atoms with van der Waals surface area (Å²) < 4.78 is 37.5. The predicted molar refractivity (Wildman–Crippen MR) is 70.4 cm³/mol. The molecular formula is C13H13F3N2OS. The van der Waals surface area contributed by atoms with E-state index in [1.807, 2.05) is 0 Å².